The van der Waals surface area contributed by atoms with Gasteiger partial charge in [0, 0.05) is 17.6 Å². The minimum Gasteiger partial charge on any atom is -0.491 e. The molecule has 0 aliphatic heterocycles. The predicted octanol–water partition coefficient (Wildman–Crippen LogP) is 4.85. The highest BCUT2D eigenvalue weighted by Gasteiger charge is 2.50. The fourth-order valence-electron chi connectivity index (χ4n) is 6.53. The Morgan fingerprint density at radius 3 is 2.70 bits per heavy atom. The Labute approximate surface area is 180 Å². The number of β-amino-alcohol motifs (C(OH)–C–C–N with tert-alkyl or cyclic N) is 1. The van der Waals surface area contributed by atoms with Gasteiger partial charge in [-0.3, -0.25) is 0 Å². The van der Waals surface area contributed by atoms with Crippen LogP contribution in [-0.2, 0) is 0 Å². The lowest BCUT2D eigenvalue weighted by molar-refractivity contribution is -0.0266. The van der Waals surface area contributed by atoms with E-state index in [1.54, 1.807) is 11.3 Å². The zero-order chi connectivity index (χ0) is 20.1. The maximum absolute atomic E-state index is 10.6. The van der Waals surface area contributed by atoms with E-state index in [0.29, 0.717) is 6.54 Å². The highest BCUT2D eigenvalue weighted by Crippen LogP contribution is 2.55. The van der Waals surface area contributed by atoms with Crippen molar-refractivity contribution >= 4 is 21.6 Å². The quantitative estimate of drug-likeness (QED) is 0.567. The first-order valence-electron chi connectivity index (χ1n) is 11.1. The minimum absolute atomic E-state index is 0.272. The first-order valence-corrected chi connectivity index (χ1v) is 12.0. The van der Waals surface area contributed by atoms with E-state index in [2.05, 4.69) is 10.5 Å². The van der Waals surface area contributed by atoms with E-state index in [1.807, 2.05) is 35.7 Å². The summed E-state index contributed by atoms with van der Waals surface area (Å²) >= 11 is 1.57. The number of benzene rings is 1. The van der Waals surface area contributed by atoms with E-state index in [1.165, 1.54) is 38.5 Å². The van der Waals surface area contributed by atoms with Gasteiger partial charge in [-0.2, -0.15) is 0 Å². The maximum Gasteiger partial charge on any atom is 0.175 e. The number of rotatable bonds is 7. The highest BCUT2D eigenvalue weighted by molar-refractivity contribution is 7.16. The molecule has 0 amide bonds. The molecule has 4 saturated carbocycles. The number of fused-ring (bicyclic) bond motifs is 1. The summed E-state index contributed by atoms with van der Waals surface area (Å²) in [6.07, 6.45) is 7.67. The largest absolute Gasteiger partial charge is 0.491 e. The lowest BCUT2D eigenvalue weighted by Gasteiger charge is -2.57. The number of nitrogens with zero attached hydrogens (tertiary/aromatic N) is 1. The van der Waals surface area contributed by atoms with Crippen molar-refractivity contribution in [2.45, 2.75) is 50.2 Å². The zero-order valence-electron chi connectivity index (χ0n) is 17.0. The van der Waals surface area contributed by atoms with E-state index in [9.17, 15) is 5.11 Å². The number of ether oxygens (including phenoxy) is 1. The van der Waals surface area contributed by atoms with Crippen LogP contribution in [0.2, 0.25) is 0 Å². The normalized spacial score (nSPS) is 30.8. The fourth-order valence-corrected chi connectivity index (χ4v) is 7.23. The van der Waals surface area contributed by atoms with Crippen LogP contribution in [0.25, 0.3) is 21.5 Å². The van der Waals surface area contributed by atoms with Crippen molar-refractivity contribution in [3.8, 4) is 17.1 Å². The first-order chi connectivity index (χ1) is 14.7. The molecular formula is C24H28N2O3S. The van der Waals surface area contributed by atoms with Gasteiger partial charge in [0.25, 0.3) is 0 Å². The van der Waals surface area contributed by atoms with Crippen molar-refractivity contribution in [2.75, 3.05) is 13.2 Å². The first kappa shape index (κ1) is 18.8. The molecular weight excluding hydrogens is 396 g/mol. The lowest BCUT2D eigenvalue weighted by atomic mass is 9.53. The van der Waals surface area contributed by atoms with Gasteiger partial charge in [0.2, 0.25) is 0 Å². The van der Waals surface area contributed by atoms with Gasteiger partial charge in [-0.25, -0.2) is 0 Å². The summed E-state index contributed by atoms with van der Waals surface area (Å²) in [5, 5.41) is 21.5. The molecule has 0 unspecified atom stereocenters. The number of aromatic nitrogens is 1. The maximum atomic E-state index is 10.6. The Hall–Kier alpha value is -1.89. The molecule has 2 aromatic heterocycles. The molecule has 0 saturated heterocycles. The van der Waals surface area contributed by atoms with Gasteiger partial charge in [-0.05, 0) is 79.9 Å². The van der Waals surface area contributed by atoms with Gasteiger partial charge in [-0.15, -0.1) is 11.3 Å². The van der Waals surface area contributed by atoms with Gasteiger partial charge >= 0.3 is 0 Å². The molecule has 0 spiro atoms. The molecule has 2 N–H and O–H groups in total. The van der Waals surface area contributed by atoms with Crippen molar-refractivity contribution in [3.05, 3.63) is 35.7 Å². The standard InChI is InChI=1S/C24H28N2O3S/c27-19(13-25-24-10-15-6-16(11-24)8-17(7-15)12-24)14-28-20-3-1-2-18(9-20)22-21-4-5-30-23(21)26-29-22/h1-5,9,15-17,19,25,27H,6-8,10-14H2/t15?,16?,17?,19-,24?/m1/s1. The topological polar surface area (TPSA) is 67.5 Å². The van der Waals surface area contributed by atoms with Crippen LogP contribution in [0.1, 0.15) is 38.5 Å². The number of hydrogen-bond donors (Lipinski definition) is 2. The van der Waals surface area contributed by atoms with Crippen molar-refractivity contribution in [3.63, 3.8) is 0 Å². The second-order valence-electron chi connectivity index (χ2n) is 9.72. The Bertz CT molecular complexity index is 1010. The third-order valence-corrected chi connectivity index (χ3v) is 8.19. The molecule has 7 rings (SSSR count). The summed E-state index contributed by atoms with van der Waals surface area (Å²) in [5.41, 5.74) is 1.21. The molecule has 158 valence electrons. The molecule has 2 heterocycles. The summed E-state index contributed by atoms with van der Waals surface area (Å²) in [5.74, 6) is 4.23. The van der Waals surface area contributed by atoms with E-state index < -0.39 is 6.10 Å². The number of nitrogens with one attached hydrogen (secondary N) is 1. The summed E-state index contributed by atoms with van der Waals surface area (Å²) in [4.78, 5) is 0.905. The molecule has 4 bridgehead atoms. The Kier molecular flexibility index (Phi) is 4.62. The van der Waals surface area contributed by atoms with Crippen LogP contribution in [0.3, 0.4) is 0 Å². The number of hydrogen-bond acceptors (Lipinski definition) is 6. The van der Waals surface area contributed by atoms with Crippen molar-refractivity contribution in [1.29, 1.82) is 0 Å². The number of aliphatic hydroxyl groups is 1. The second-order valence-corrected chi connectivity index (χ2v) is 10.6. The Morgan fingerprint density at radius 1 is 1.17 bits per heavy atom. The number of aliphatic hydroxyl groups excluding tert-OH is 1. The molecule has 1 atom stereocenters. The van der Waals surface area contributed by atoms with Crippen LogP contribution in [0, 0.1) is 17.8 Å². The van der Waals surface area contributed by atoms with Crippen LogP contribution < -0.4 is 10.1 Å². The molecule has 5 nitrogen and oxygen atoms in total. The average molecular weight is 425 g/mol. The second kappa shape index (κ2) is 7.36. The van der Waals surface area contributed by atoms with E-state index >= 15 is 0 Å². The molecule has 30 heavy (non-hydrogen) atoms. The minimum atomic E-state index is -0.518. The zero-order valence-corrected chi connectivity index (χ0v) is 17.9. The lowest BCUT2D eigenvalue weighted by Crippen LogP contribution is -2.59. The molecule has 0 radical (unpaired) electrons. The van der Waals surface area contributed by atoms with Crippen LogP contribution in [0.15, 0.2) is 40.2 Å². The average Bonchev–Trinajstić information content (AvgIpc) is 3.34. The van der Waals surface area contributed by atoms with Crippen LogP contribution in [-0.4, -0.2) is 35.1 Å². The van der Waals surface area contributed by atoms with E-state index in [0.717, 1.165) is 45.0 Å². The number of thiophene rings is 1. The molecule has 1 aromatic carbocycles. The summed E-state index contributed by atoms with van der Waals surface area (Å²) < 4.78 is 11.4. The Balaban J connectivity index is 1.07. The molecule has 4 aliphatic carbocycles. The highest BCUT2D eigenvalue weighted by atomic mass is 32.1. The SMILES string of the molecule is O[C@H](CNC12CC3CC(CC(C3)C1)C2)COc1cccc(-c2onc3sccc23)c1. The monoisotopic (exact) mass is 424 g/mol. The molecule has 6 heteroatoms. The van der Waals surface area contributed by atoms with E-state index in [4.69, 9.17) is 9.26 Å². The predicted molar refractivity (Wildman–Crippen MR) is 118 cm³/mol. The third-order valence-electron chi connectivity index (χ3n) is 7.40. The van der Waals surface area contributed by atoms with Crippen LogP contribution in [0.5, 0.6) is 5.75 Å². The van der Waals surface area contributed by atoms with E-state index in [-0.39, 0.29) is 12.1 Å². The van der Waals surface area contributed by atoms with Crippen LogP contribution >= 0.6 is 11.3 Å². The summed E-state index contributed by atoms with van der Waals surface area (Å²) in [6.45, 7) is 0.885. The molecule has 3 aromatic rings. The van der Waals surface area contributed by atoms with Crippen molar-refractivity contribution in [2.24, 2.45) is 17.8 Å². The van der Waals surface area contributed by atoms with Gasteiger partial charge in [-0.1, -0.05) is 17.3 Å². The van der Waals surface area contributed by atoms with Gasteiger partial charge < -0.3 is 19.7 Å². The fraction of sp³-hybridized carbons (Fsp3) is 0.542. The smallest absolute Gasteiger partial charge is 0.175 e. The van der Waals surface area contributed by atoms with Crippen molar-refractivity contribution in [1.82, 2.24) is 10.5 Å². The summed E-state index contributed by atoms with van der Waals surface area (Å²) in [6, 6.07) is 9.85. The molecule has 4 fully saturated rings. The van der Waals surface area contributed by atoms with Crippen molar-refractivity contribution < 1.29 is 14.4 Å². The van der Waals surface area contributed by atoms with Crippen LogP contribution in [0.4, 0.5) is 0 Å². The Morgan fingerprint density at radius 2 is 1.93 bits per heavy atom. The summed E-state index contributed by atoms with van der Waals surface area (Å²) in [7, 11) is 0. The third kappa shape index (κ3) is 3.45. The van der Waals surface area contributed by atoms with Gasteiger partial charge in [0.15, 0.2) is 10.6 Å². The van der Waals surface area contributed by atoms with Gasteiger partial charge in [0.1, 0.15) is 18.5 Å². The molecule has 4 aliphatic rings. The van der Waals surface area contributed by atoms with Gasteiger partial charge in [0.05, 0.1) is 5.39 Å².